The van der Waals surface area contributed by atoms with Crippen molar-refractivity contribution in [3.8, 4) is 5.75 Å². The lowest BCUT2D eigenvalue weighted by Crippen LogP contribution is -2.03. The average molecular weight is 678 g/mol. The molecule has 0 radical (unpaired) electrons. The number of aromatic hydroxyl groups is 1. The molecule has 0 fully saturated rings. The predicted molar refractivity (Wildman–Crippen MR) is 130 cm³/mol. The van der Waals surface area contributed by atoms with Gasteiger partial charge in [-0.3, -0.25) is 5.43 Å². The van der Waals surface area contributed by atoms with E-state index < -0.39 is 0 Å². The van der Waals surface area contributed by atoms with E-state index in [-0.39, 0.29) is 17.0 Å². The van der Waals surface area contributed by atoms with Crippen molar-refractivity contribution in [3.05, 3.63) is 53.6 Å². The van der Waals surface area contributed by atoms with Gasteiger partial charge in [-0.1, -0.05) is 22.0 Å². The molecule has 146 valence electrons. The lowest BCUT2D eigenvalue weighted by atomic mass is 10.2. The lowest BCUT2D eigenvalue weighted by Gasteiger charge is -2.09. The zero-order valence-corrected chi connectivity index (χ0v) is 20.2. The predicted octanol–water partition coefficient (Wildman–Crippen LogP) is 4.88. The fourth-order valence-corrected chi connectivity index (χ4v) is 4.64. The number of halogens is 3. The normalized spacial score (nSPS) is 11.3. The number of rotatable bonds is 5. The van der Waals surface area contributed by atoms with Gasteiger partial charge in [0.25, 0.3) is 0 Å². The van der Waals surface area contributed by atoms with Gasteiger partial charge in [0.15, 0.2) is 11.6 Å². The first-order chi connectivity index (χ1) is 14.0. The lowest BCUT2D eigenvalue weighted by molar-refractivity contribution is 0.314. The van der Waals surface area contributed by atoms with Gasteiger partial charge in [0.2, 0.25) is 11.3 Å². The molecule has 29 heavy (non-hydrogen) atoms. The van der Waals surface area contributed by atoms with Crippen LogP contribution in [0.15, 0.2) is 50.6 Å². The van der Waals surface area contributed by atoms with Crippen LogP contribution in [-0.2, 0) is 0 Å². The minimum Gasteiger partial charge on any atom is -0.506 e. The molecule has 0 atom stereocenters. The minimum absolute atomic E-state index is 0.159. The van der Waals surface area contributed by atoms with E-state index in [9.17, 15) is 5.11 Å². The number of nitrogens with zero attached hydrogens (tertiary/aromatic N) is 5. The molecule has 0 amide bonds. The fraction of sp³-hybridized carbons (Fsp3) is 0. The van der Waals surface area contributed by atoms with Crippen molar-refractivity contribution in [3.63, 3.8) is 0 Å². The highest BCUT2D eigenvalue weighted by Crippen LogP contribution is 2.27. The number of anilines is 3. The third-order valence-corrected chi connectivity index (χ3v) is 5.57. The van der Waals surface area contributed by atoms with Gasteiger partial charge in [0, 0.05) is 19.3 Å². The van der Waals surface area contributed by atoms with Gasteiger partial charge in [-0.05, 0) is 85.8 Å². The number of benzene rings is 2. The Hall–Kier alpha value is -2.07. The number of nitrogens with one attached hydrogen (secondary N) is 2. The van der Waals surface area contributed by atoms with Crippen LogP contribution in [0.1, 0.15) is 5.56 Å². The molecule has 0 bridgehead atoms. The maximum absolute atomic E-state index is 10.2. The molecule has 0 aliphatic carbocycles. The number of hydrogen-bond acceptors (Lipinski definition) is 9. The molecular weight excluding hydrogens is 668 g/mol. The number of hydrazone groups is 1. The van der Waals surface area contributed by atoms with Crippen LogP contribution in [0.2, 0.25) is 0 Å². The zero-order chi connectivity index (χ0) is 20.4. The average Bonchev–Trinajstić information content (AvgIpc) is 3.13. The number of phenolic OH excluding ortho intramolecular Hbond substituents is 1. The maximum atomic E-state index is 10.2. The van der Waals surface area contributed by atoms with E-state index >= 15 is 0 Å². The molecule has 0 saturated heterocycles. The second-order valence-electron chi connectivity index (χ2n) is 5.66. The van der Waals surface area contributed by atoms with Crippen molar-refractivity contribution >= 4 is 95.9 Å². The summed E-state index contributed by atoms with van der Waals surface area (Å²) in [6.45, 7) is 0. The molecule has 9 nitrogen and oxygen atoms in total. The van der Waals surface area contributed by atoms with Gasteiger partial charge < -0.3 is 10.4 Å². The van der Waals surface area contributed by atoms with E-state index in [0.717, 1.165) is 17.3 Å². The molecule has 2 aromatic carbocycles. The first-order valence-corrected chi connectivity index (χ1v) is 10.9. The smallest absolute Gasteiger partial charge is 0.245 e. The van der Waals surface area contributed by atoms with E-state index in [0.29, 0.717) is 17.2 Å². The Morgan fingerprint density at radius 1 is 1.07 bits per heavy atom. The molecule has 2 heterocycles. The van der Waals surface area contributed by atoms with Crippen LogP contribution >= 0.6 is 61.1 Å². The second kappa shape index (κ2) is 8.74. The van der Waals surface area contributed by atoms with Gasteiger partial charge in [0.05, 0.1) is 9.78 Å². The highest BCUT2D eigenvalue weighted by Gasteiger charge is 2.13. The Morgan fingerprint density at radius 2 is 1.83 bits per heavy atom. The van der Waals surface area contributed by atoms with Crippen LogP contribution in [0, 0.1) is 7.14 Å². The second-order valence-corrected chi connectivity index (χ2v) is 8.99. The molecule has 0 aliphatic heterocycles. The largest absolute Gasteiger partial charge is 0.506 e. The van der Waals surface area contributed by atoms with Crippen molar-refractivity contribution < 1.29 is 9.74 Å². The zero-order valence-electron chi connectivity index (χ0n) is 14.3. The topological polar surface area (TPSA) is 121 Å². The fourth-order valence-electron chi connectivity index (χ4n) is 2.35. The Kier molecular flexibility index (Phi) is 6.09. The minimum atomic E-state index is 0.159. The molecule has 4 rings (SSSR count). The Labute approximate surface area is 199 Å². The van der Waals surface area contributed by atoms with Crippen molar-refractivity contribution in [1.82, 2.24) is 20.3 Å². The summed E-state index contributed by atoms with van der Waals surface area (Å²) in [5.41, 5.74) is 4.72. The molecule has 2 aromatic heterocycles. The van der Waals surface area contributed by atoms with Crippen LogP contribution in [0.5, 0.6) is 5.75 Å². The van der Waals surface area contributed by atoms with Gasteiger partial charge in [0.1, 0.15) is 5.75 Å². The van der Waals surface area contributed by atoms with E-state index in [1.165, 1.54) is 6.21 Å². The molecule has 4 aromatic rings. The standard InChI is InChI=1S/C17H10BrI2N7O2/c18-9-2-1-3-11(5-9)22-14-15(24-17-16(23-14)26-29-27-17)25-21-7-8-4-10(19)6-12(20)13(8)28/h1-7,28H,(H,22,23,26)(H,24,25,27)/b21-7+. The van der Waals surface area contributed by atoms with Crippen LogP contribution in [0.25, 0.3) is 11.3 Å². The van der Waals surface area contributed by atoms with Gasteiger partial charge in [-0.25, -0.2) is 9.61 Å². The summed E-state index contributed by atoms with van der Waals surface area (Å²) in [7, 11) is 0. The first kappa shape index (κ1) is 20.2. The molecule has 0 aliphatic rings. The SMILES string of the molecule is Oc1c(I)cc(I)cc1/C=N/Nc1nc2nonc2nc1Nc1cccc(Br)c1. The molecular formula is C17H10BrI2N7O2. The summed E-state index contributed by atoms with van der Waals surface area (Å²) < 4.78 is 7.33. The number of phenols is 1. The number of hydrogen-bond donors (Lipinski definition) is 3. The van der Waals surface area contributed by atoms with Crippen molar-refractivity contribution in [2.24, 2.45) is 5.10 Å². The van der Waals surface area contributed by atoms with E-state index in [4.69, 9.17) is 4.63 Å². The molecule has 3 N–H and O–H groups in total. The monoisotopic (exact) mass is 677 g/mol. The summed E-state index contributed by atoms with van der Waals surface area (Å²) >= 11 is 7.69. The van der Waals surface area contributed by atoms with Gasteiger partial charge >= 0.3 is 0 Å². The number of aromatic nitrogens is 4. The molecule has 0 unspecified atom stereocenters. The van der Waals surface area contributed by atoms with Crippen LogP contribution < -0.4 is 10.7 Å². The third-order valence-electron chi connectivity index (χ3n) is 3.63. The Bertz CT molecular complexity index is 1230. The summed E-state index contributed by atoms with van der Waals surface area (Å²) in [5, 5.41) is 25.0. The van der Waals surface area contributed by atoms with Crippen LogP contribution in [0.3, 0.4) is 0 Å². The van der Waals surface area contributed by atoms with Crippen molar-refractivity contribution in [2.45, 2.75) is 0 Å². The summed E-state index contributed by atoms with van der Waals surface area (Å²) in [5.74, 6) is 0.875. The molecule has 0 spiro atoms. The highest BCUT2D eigenvalue weighted by atomic mass is 127. The third kappa shape index (κ3) is 4.75. The van der Waals surface area contributed by atoms with Crippen molar-refractivity contribution in [2.75, 3.05) is 10.7 Å². The quantitative estimate of drug-likeness (QED) is 0.155. The Balaban J connectivity index is 1.65. The maximum Gasteiger partial charge on any atom is 0.245 e. The Morgan fingerprint density at radius 3 is 2.59 bits per heavy atom. The number of fused-ring (bicyclic) bond motifs is 1. The van der Waals surface area contributed by atoms with E-state index in [1.807, 2.05) is 36.4 Å². The van der Waals surface area contributed by atoms with Crippen LogP contribution in [-0.4, -0.2) is 31.6 Å². The summed E-state index contributed by atoms with van der Waals surface area (Å²) in [6, 6.07) is 11.3. The molecule has 0 saturated carbocycles. The highest BCUT2D eigenvalue weighted by molar-refractivity contribution is 14.1. The molecule has 12 heteroatoms. The summed E-state index contributed by atoms with van der Waals surface area (Å²) in [6.07, 6.45) is 1.51. The van der Waals surface area contributed by atoms with Gasteiger partial charge in [-0.15, -0.1) is 0 Å². The summed E-state index contributed by atoms with van der Waals surface area (Å²) in [4.78, 5) is 8.74. The van der Waals surface area contributed by atoms with Gasteiger partial charge in [-0.2, -0.15) is 10.1 Å². The van der Waals surface area contributed by atoms with Crippen LogP contribution in [0.4, 0.5) is 17.3 Å². The first-order valence-electron chi connectivity index (χ1n) is 7.99. The van der Waals surface area contributed by atoms with E-state index in [1.54, 1.807) is 0 Å². The van der Waals surface area contributed by atoms with E-state index in [2.05, 4.69) is 97.2 Å². The van der Waals surface area contributed by atoms with Crippen molar-refractivity contribution in [1.29, 1.82) is 0 Å².